The van der Waals surface area contributed by atoms with Gasteiger partial charge in [0.2, 0.25) is 5.75 Å². The van der Waals surface area contributed by atoms with E-state index in [9.17, 15) is 9.59 Å². The van der Waals surface area contributed by atoms with Gasteiger partial charge >= 0.3 is 11.9 Å². The molecule has 0 saturated heterocycles. The molecule has 0 aliphatic heterocycles. The number of ether oxygens (including phenoxy) is 3. The molecule has 0 amide bonds. The van der Waals surface area contributed by atoms with Crippen molar-refractivity contribution in [2.75, 3.05) is 0 Å². The lowest BCUT2D eigenvalue weighted by Gasteiger charge is -2.14. The molecule has 0 aliphatic rings. The Labute approximate surface area is 116 Å². The summed E-state index contributed by atoms with van der Waals surface area (Å²) in [7, 11) is 0. The Balaban J connectivity index is 3.44. The second-order valence-corrected chi connectivity index (χ2v) is 3.90. The van der Waals surface area contributed by atoms with Crippen LogP contribution in [0.15, 0.2) is 24.5 Å². The molecule has 1 aromatic carbocycles. The molecule has 6 nitrogen and oxygen atoms in total. The van der Waals surface area contributed by atoms with Crippen molar-refractivity contribution in [2.24, 2.45) is 0 Å². The normalized spacial score (nSPS) is 9.30. The molecule has 0 saturated carbocycles. The maximum absolute atomic E-state index is 11.1. The van der Waals surface area contributed by atoms with Gasteiger partial charge in [-0.1, -0.05) is 6.58 Å². The minimum Gasteiger partial charge on any atom is -0.459 e. The molecule has 0 fully saturated rings. The van der Waals surface area contributed by atoms with Crippen LogP contribution in [0.25, 0.3) is 0 Å². The highest BCUT2D eigenvalue weighted by Crippen LogP contribution is 2.39. The zero-order valence-corrected chi connectivity index (χ0v) is 11.4. The molecule has 0 radical (unpaired) electrons. The summed E-state index contributed by atoms with van der Waals surface area (Å²) in [5.74, 6) is -0.979. The van der Waals surface area contributed by atoms with Crippen LogP contribution in [0.5, 0.6) is 17.2 Å². The summed E-state index contributed by atoms with van der Waals surface area (Å²) in [5.41, 5.74) is 0.188. The minimum atomic E-state index is -0.616. The van der Waals surface area contributed by atoms with E-state index < -0.39 is 11.9 Å². The van der Waals surface area contributed by atoms with Crippen LogP contribution in [-0.2, 0) is 9.59 Å². The number of hydrogen-bond acceptors (Lipinski definition) is 6. The lowest BCUT2D eigenvalue weighted by molar-refractivity contribution is -0.134. The van der Waals surface area contributed by atoms with Gasteiger partial charge in [-0.3, -0.25) is 9.59 Å². The van der Waals surface area contributed by atoms with Crippen LogP contribution in [0.2, 0.25) is 0 Å². The van der Waals surface area contributed by atoms with Crippen molar-refractivity contribution < 1.29 is 23.8 Å². The third kappa shape index (κ3) is 4.14. The number of carbonyl (C=O) groups excluding carboxylic acids is 2. The van der Waals surface area contributed by atoms with Crippen LogP contribution in [0.4, 0.5) is 0 Å². The molecule has 0 heterocycles. The molecule has 104 valence electrons. The molecule has 0 spiro atoms. The lowest BCUT2D eigenvalue weighted by Crippen LogP contribution is -2.09. The molecule has 1 rings (SSSR count). The third-order valence-electron chi connectivity index (χ3n) is 1.93. The van der Waals surface area contributed by atoms with Gasteiger partial charge in [0.05, 0.1) is 17.4 Å². The first-order chi connectivity index (χ1) is 9.33. The van der Waals surface area contributed by atoms with E-state index in [0.29, 0.717) is 5.76 Å². The molecule has 1 aromatic rings. The Hall–Kier alpha value is -2.81. The number of rotatable bonds is 4. The fourth-order valence-corrected chi connectivity index (χ4v) is 1.38. The Bertz CT molecular complexity index is 575. The van der Waals surface area contributed by atoms with Crippen molar-refractivity contribution in [3.05, 3.63) is 30.0 Å². The summed E-state index contributed by atoms with van der Waals surface area (Å²) in [6.45, 7) is 7.53. The van der Waals surface area contributed by atoms with Crippen LogP contribution >= 0.6 is 0 Å². The standard InChI is InChI=1S/C14H13NO5/c1-8(2)18-12-5-11(7-15)6-13(19-9(3)16)14(12)20-10(4)17/h5-6H,1H2,2-4H3. The molecule has 0 atom stereocenters. The Kier molecular flexibility index (Phi) is 4.87. The zero-order valence-electron chi connectivity index (χ0n) is 11.4. The number of carbonyl (C=O) groups is 2. The summed E-state index contributed by atoms with van der Waals surface area (Å²) in [6, 6.07) is 4.54. The molecular formula is C14H13NO5. The second-order valence-electron chi connectivity index (χ2n) is 3.90. The van der Waals surface area contributed by atoms with Gasteiger partial charge in [0.25, 0.3) is 0 Å². The first kappa shape index (κ1) is 15.2. The first-order valence-electron chi connectivity index (χ1n) is 5.61. The number of benzene rings is 1. The summed E-state index contributed by atoms with van der Waals surface area (Å²) < 4.78 is 15.2. The quantitative estimate of drug-likeness (QED) is 0.476. The summed E-state index contributed by atoms with van der Waals surface area (Å²) in [4.78, 5) is 22.2. The van der Waals surface area contributed by atoms with Crippen LogP contribution < -0.4 is 14.2 Å². The van der Waals surface area contributed by atoms with Crippen LogP contribution in [-0.4, -0.2) is 11.9 Å². The van der Waals surface area contributed by atoms with E-state index in [1.54, 1.807) is 6.92 Å². The molecule has 0 unspecified atom stereocenters. The zero-order chi connectivity index (χ0) is 15.3. The van der Waals surface area contributed by atoms with Crippen LogP contribution in [0, 0.1) is 11.3 Å². The van der Waals surface area contributed by atoms with Gasteiger partial charge in [0.15, 0.2) is 11.5 Å². The van der Waals surface area contributed by atoms with Crippen molar-refractivity contribution in [2.45, 2.75) is 20.8 Å². The van der Waals surface area contributed by atoms with Gasteiger partial charge < -0.3 is 14.2 Å². The molecular weight excluding hydrogens is 262 g/mol. The average molecular weight is 275 g/mol. The van der Waals surface area contributed by atoms with E-state index in [1.807, 2.05) is 6.07 Å². The summed E-state index contributed by atoms with van der Waals surface area (Å²) >= 11 is 0. The topological polar surface area (TPSA) is 85.6 Å². The van der Waals surface area contributed by atoms with Gasteiger partial charge in [0.1, 0.15) is 0 Å². The summed E-state index contributed by atoms with van der Waals surface area (Å²) in [5, 5.41) is 8.95. The van der Waals surface area contributed by atoms with E-state index in [-0.39, 0.29) is 22.8 Å². The Morgan fingerprint density at radius 2 is 1.55 bits per heavy atom. The van der Waals surface area contributed by atoms with Crippen molar-refractivity contribution in [3.8, 4) is 23.3 Å². The van der Waals surface area contributed by atoms with Crippen molar-refractivity contribution in [1.82, 2.24) is 0 Å². The number of esters is 2. The maximum Gasteiger partial charge on any atom is 0.308 e. The largest absolute Gasteiger partial charge is 0.459 e. The molecule has 6 heteroatoms. The van der Waals surface area contributed by atoms with Crippen LogP contribution in [0.1, 0.15) is 26.3 Å². The fraction of sp³-hybridized carbons (Fsp3) is 0.214. The fourth-order valence-electron chi connectivity index (χ4n) is 1.38. The molecule has 0 aliphatic carbocycles. The lowest BCUT2D eigenvalue weighted by atomic mass is 10.2. The van der Waals surface area contributed by atoms with Gasteiger partial charge in [0, 0.05) is 26.0 Å². The molecule has 20 heavy (non-hydrogen) atoms. The number of nitriles is 1. The highest BCUT2D eigenvalue weighted by molar-refractivity contribution is 5.76. The molecule has 0 aromatic heterocycles. The average Bonchev–Trinajstić information content (AvgIpc) is 2.30. The van der Waals surface area contributed by atoms with Gasteiger partial charge in [-0.05, 0) is 6.92 Å². The Morgan fingerprint density at radius 1 is 1.05 bits per heavy atom. The number of allylic oxidation sites excluding steroid dienone is 1. The van der Waals surface area contributed by atoms with E-state index in [0.717, 1.165) is 0 Å². The third-order valence-corrected chi connectivity index (χ3v) is 1.93. The van der Waals surface area contributed by atoms with E-state index >= 15 is 0 Å². The summed E-state index contributed by atoms with van der Waals surface area (Å²) in [6.07, 6.45) is 0. The highest BCUT2D eigenvalue weighted by atomic mass is 16.6. The SMILES string of the molecule is C=C(C)Oc1cc(C#N)cc(OC(C)=O)c1OC(C)=O. The van der Waals surface area contributed by atoms with E-state index in [4.69, 9.17) is 19.5 Å². The second kappa shape index (κ2) is 6.38. The number of hydrogen-bond donors (Lipinski definition) is 0. The van der Waals surface area contributed by atoms with Gasteiger partial charge in [-0.25, -0.2) is 0 Å². The smallest absolute Gasteiger partial charge is 0.308 e. The predicted molar refractivity (Wildman–Crippen MR) is 69.2 cm³/mol. The minimum absolute atomic E-state index is 0.0667. The van der Waals surface area contributed by atoms with Crippen molar-refractivity contribution in [3.63, 3.8) is 0 Å². The van der Waals surface area contributed by atoms with Crippen molar-refractivity contribution in [1.29, 1.82) is 5.26 Å². The number of nitrogens with zero attached hydrogens (tertiary/aromatic N) is 1. The van der Waals surface area contributed by atoms with Gasteiger partial charge in [-0.15, -0.1) is 0 Å². The highest BCUT2D eigenvalue weighted by Gasteiger charge is 2.19. The van der Waals surface area contributed by atoms with Crippen LogP contribution in [0.3, 0.4) is 0 Å². The van der Waals surface area contributed by atoms with Gasteiger partial charge in [-0.2, -0.15) is 5.26 Å². The first-order valence-corrected chi connectivity index (χ1v) is 5.61. The van der Waals surface area contributed by atoms with E-state index in [1.165, 1.54) is 26.0 Å². The van der Waals surface area contributed by atoms with Crippen molar-refractivity contribution >= 4 is 11.9 Å². The Morgan fingerprint density at radius 3 is 1.95 bits per heavy atom. The molecule has 0 N–H and O–H groups in total. The predicted octanol–water partition coefficient (Wildman–Crippen LogP) is 2.32. The maximum atomic E-state index is 11.1. The van der Waals surface area contributed by atoms with E-state index in [2.05, 4.69) is 6.58 Å². The monoisotopic (exact) mass is 275 g/mol. The molecule has 0 bridgehead atoms.